The Morgan fingerprint density at radius 2 is 1.74 bits per heavy atom. The van der Waals surface area contributed by atoms with Gasteiger partial charge in [-0.05, 0) is 40.0 Å². The van der Waals surface area contributed by atoms with Crippen LogP contribution in [0.4, 0.5) is 5.82 Å². The van der Waals surface area contributed by atoms with Gasteiger partial charge in [0.1, 0.15) is 5.69 Å². The van der Waals surface area contributed by atoms with E-state index in [0.29, 0.717) is 10.6 Å². The lowest BCUT2D eigenvalue weighted by Crippen LogP contribution is -2.12. The van der Waals surface area contributed by atoms with Crippen molar-refractivity contribution in [3.05, 3.63) is 71.5 Å². The molecule has 0 aliphatic heterocycles. The van der Waals surface area contributed by atoms with Crippen LogP contribution < -0.4 is 5.73 Å². The van der Waals surface area contributed by atoms with Gasteiger partial charge in [0.25, 0.3) is 0 Å². The Kier molecular flexibility index (Phi) is 5.10. The third kappa shape index (κ3) is 4.41. The molecule has 5 nitrogen and oxygen atoms in total. The number of hydrogen-bond donors (Lipinski definition) is 1. The molecule has 1 unspecified atom stereocenters. The van der Waals surface area contributed by atoms with E-state index in [-0.39, 0.29) is 23.7 Å². The smallest absolute Gasteiger partial charge is 0.189 e. The molecule has 0 saturated heterocycles. The average molecular weight is 379 g/mol. The van der Waals surface area contributed by atoms with Crippen LogP contribution in [0.5, 0.6) is 0 Å². The van der Waals surface area contributed by atoms with Crippen molar-refractivity contribution in [1.29, 1.82) is 0 Å². The first-order valence-electron chi connectivity index (χ1n) is 8.38. The molecule has 0 saturated carbocycles. The highest BCUT2D eigenvalue weighted by Crippen LogP contribution is 2.20. The van der Waals surface area contributed by atoms with Gasteiger partial charge in [-0.25, -0.2) is 9.97 Å². The first-order chi connectivity index (χ1) is 12.7. The van der Waals surface area contributed by atoms with Crippen molar-refractivity contribution < 1.29 is 9.00 Å². The van der Waals surface area contributed by atoms with E-state index in [2.05, 4.69) is 15.8 Å². The van der Waals surface area contributed by atoms with Gasteiger partial charge >= 0.3 is 0 Å². The lowest BCUT2D eigenvalue weighted by molar-refractivity contribution is 0.0989. The summed E-state index contributed by atoms with van der Waals surface area (Å²) in [6, 6.07) is 14.8. The summed E-state index contributed by atoms with van der Waals surface area (Å²) >= 11 is 0. The molecule has 0 radical (unpaired) electrons. The fourth-order valence-corrected chi connectivity index (χ4v) is 3.34. The maximum atomic E-state index is 12.7. The first kappa shape index (κ1) is 18.8. The minimum atomic E-state index is -2.27. The number of hydrogen-bond acceptors (Lipinski definition) is 5. The Hall–Kier alpha value is -2.99. The fourth-order valence-electron chi connectivity index (χ4n) is 2.63. The zero-order valence-electron chi connectivity index (χ0n) is 15.3. The van der Waals surface area contributed by atoms with Crippen molar-refractivity contribution >= 4 is 27.0 Å². The highest BCUT2D eigenvalue weighted by atomic mass is 32.2. The first-order valence-corrected chi connectivity index (χ1v) is 10.5. The lowest BCUT2D eigenvalue weighted by Gasteiger charge is -2.08. The zero-order valence-corrected chi connectivity index (χ0v) is 16.1. The second-order valence-corrected chi connectivity index (χ2v) is 9.09. The van der Waals surface area contributed by atoms with Gasteiger partial charge in [-0.15, -0.1) is 0 Å². The third-order valence-electron chi connectivity index (χ3n) is 4.20. The van der Waals surface area contributed by atoms with Gasteiger partial charge in [-0.1, -0.05) is 42.0 Å². The molecule has 0 spiro atoms. The molecule has 0 amide bonds. The van der Waals surface area contributed by atoms with Crippen LogP contribution in [0.25, 0.3) is 11.3 Å². The van der Waals surface area contributed by atoms with Crippen molar-refractivity contribution in [1.82, 2.24) is 9.97 Å². The van der Waals surface area contributed by atoms with Crippen molar-refractivity contribution in [2.24, 2.45) is 0 Å². The number of aryl methyl sites for hydroxylation is 1. The monoisotopic (exact) mass is 379 g/mol. The number of aromatic nitrogens is 2. The van der Waals surface area contributed by atoms with Gasteiger partial charge in [-0.3, -0.25) is 9.00 Å². The quantitative estimate of drug-likeness (QED) is 0.544. The molecular formula is C21H21N3O2S. The molecule has 1 atom stereocenters. The zero-order chi connectivity index (χ0) is 19.6. The SMILES string of the molecule is C=S(C)(=O)c1ccc(CC(=O)c2nc(-c3ccc(C)cc3)cnc2N)cc1. The van der Waals surface area contributed by atoms with Gasteiger partial charge < -0.3 is 5.73 Å². The van der Waals surface area contributed by atoms with E-state index in [1.165, 1.54) is 0 Å². The number of nitrogens with two attached hydrogens (primary N) is 1. The van der Waals surface area contributed by atoms with Crippen molar-refractivity contribution in [2.45, 2.75) is 18.2 Å². The highest BCUT2D eigenvalue weighted by Gasteiger charge is 2.15. The standard InChI is InChI=1S/C21H21N3O2S/c1-14-4-8-16(9-5-14)18-13-23-21(22)20(24-18)19(25)12-15-6-10-17(11-7-15)27(2,3)26/h4-11,13H,2,12H2,1,3H3,(H2,22,23). The number of nitrogens with zero attached hydrogens (tertiary/aromatic N) is 2. The maximum Gasteiger partial charge on any atom is 0.189 e. The summed E-state index contributed by atoms with van der Waals surface area (Å²) < 4.78 is 12.0. The second kappa shape index (κ2) is 7.32. The van der Waals surface area contributed by atoms with E-state index in [1.807, 2.05) is 31.2 Å². The molecule has 138 valence electrons. The molecule has 1 heterocycles. The van der Waals surface area contributed by atoms with Crippen LogP contribution in [-0.2, 0) is 15.9 Å². The summed E-state index contributed by atoms with van der Waals surface area (Å²) in [5.41, 5.74) is 9.45. The number of carbonyl (C=O) groups excluding carboxylic acids is 1. The van der Waals surface area contributed by atoms with Crippen molar-refractivity contribution in [2.75, 3.05) is 12.0 Å². The van der Waals surface area contributed by atoms with E-state index in [1.54, 1.807) is 36.7 Å². The Balaban J connectivity index is 1.86. The van der Waals surface area contributed by atoms with Crippen LogP contribution >= 0.6 is 0 Å². The van der Waals surface area contributed by atoms with Crippen molar-refractivity contribution in [3.63, 3.8) is 0 Å². The number of anilines is 1. The lowest BCUT2D eigenvalue weighted by atomic mass is 10.1. The maximum absolute atomic E-state index is 12.7. The van der Waals surface area contributed by atoms with Gasteiger partial charge in [-0.2, -0.15) is 0 Å². The Morgan fingerprint density at radius 3 is 2.33 bits per heavy atom. The molecule has 2 N–H and O–H groups in total. The molecule has 6 heteroatoms. The Morgan fingerprint density at radius 1 is 1.11 bits per heavy atom. The molecule has 0 aliphatic carbocycles. The van der Waals surface area contributed by atoms with Crippen molar-refractivity contribution in [3.8, 4) is 11.3 Å². The molecule has 2 aromatic carbocycles. The molecule has 27 heavy (non-hydrogen) atoms. The number of Topliss-reactive ketones (excluding diaryl/α,β-unsaturated/α-hetero) is 1. The Labute approximate surface area is 159 Å². The average Bonchev–Trinajstić information content (AvgIpc) is 2.62. The highest BCUT2D eigenvalue weighted by molar-refractivity contribution is 7.99. The van der Waals surface area contributed by atoms with Gasteiger partial charge in [0.2, 0.25) is 0 Å². The third-order valence-corrected chi connectivity index (χ3v) is 5.47. The molecule has 1 aromatic heterocycles. The van der Waals surface area contributed by atoms with E-state index < -0.39 is 9.52 Å². The van der Waals surface area contributed by atoms with Gasteiger partial charge in [0.15, 0.2) is 11.6 Å². The van der Waals surface area contributed by atoms with E-state index in [9.17, 15) is 9.00 Å². The summed E-state index contributed by atoms with van der Waals surface area (Å²) in [6.45, 7) is 2.00. The minimum Gasteiger partial charge on any atom is -0.382 e. The minimum absolute atomic E-state index is 0.113. The van der Waals surface area contributed by atoms with Crippen LogP contribution in [0.2, 0.25) is 0 Å². The molecule has 3 aromatic rings. The van der Waals surface area contributed by atoms with E-state index >= 15 is 0 Å². The summed E-state index contributed by atoms with van der Waals surface area (Å²) in [5.74, 6) is 3.56. The number of nitrogen functional groups attached to an aromatic ring is 1. The van der Waals surface area contributed by atoms with Gasteiger partial charge in [0.05, 0.1) is 11.9 Å². The summed E-state index contributed by atoms with van der Waals surface area (Å²) in [7, 11) is -2.27. The normalized spacial score (nSPS) is 13.1. The fraction of sp³-hybridized carbons (Fsp3) is 0.143. The van der Waals surface area contributed by atoms with Crippen LogP contribution in [0.15, 0.2) is 59.6 Å². The molecule has 0 fully saturated rings. The summed E-state index contributed by atoms with van der Waals surface area (Å²) in [5, 5.41) is 0. The van der Waals surface area contributed by atoms with E-state index in [4.69, 9.17) is 5.73 Å². The van der Waals surface area contributed by atoms with Crippen LogP contribution in [0.1, 0.15) is 21.6 Å². The molecule has 3 rings (SSSR count). The topological polar surface area (TPSA) is 85.9 Å². The molecule has 0 aliphatic rings. The second-order valence-electron chi connectivity index (χ2n) is 6.60. The summed E-state index contributed by atoms with van der Waals surface area (Å²) in [4.78, 5) is 21.9. The Bertz CT molecular complexity index is 1090. The number of ketones is 1. The predicted octanol–water partition coefficient (Wildman–Crippen LogP) is 3.16. The van der Waals surface area contributed by atoms with Crippen LogP contribution in [-0.4, -0.2) is 32.1 Å². The predicted molar refractivity (Wildman–Crippen MR) is 111 cm³/mol. The number of benzene rings is 2. The largest absolute Gasteiger partial charge is 0.382 e. The van der Waals surface area contributed by atoms with Crippen LogP contribution in [0, 0.1) is 6.92 Å². The molecule has 0 bridgehead atoms. The van der Waals surface area contributed by atoms with Crippen LogP contribution in [0.3, 0.4) is 0 Å². The van der Waals surface area contributed by atoms with E-state index in [0.717, 1.165) is 16.7 Å². The summed E-state index contributed by atoms with van der Waals surface area (Å²) in [6.07, 6.45) is 3.29. The number of rotatable bonds is 5. The molecular weight excluding hydrogens is 358 g/mol. The van der Waals surface area contributed by atoms with Gasteiger partial charge in [0, 0.05) is 23.1 Å². The number of carbonyl (C=O) groups is 1.